The number of fused-ring (bicyclic) bond motifs is 1. The van der Waals surface area contributed by atoms with Crippen LogP contribution in [0.1, 0.15) is 11.3 Å². The highest BCUT2D eigenvalue weighted by Gasteiger charge is 2.49. The summed E-state index contributed by atoms with van der Waals surface area (Å²) in [6.07, 6.45) is -1.83. The van der Waals surface area contributed by atoms with Gasteiger partial charge in [0.1, 0.15) is 0 Å². The van der Waals surface area contributed by atoms with E-state index in [0.717, 1.165) is 6.07 Å². The normalized spacial score (nSPS) is 16.2. The van der Waals surface area contributed by atoms with E-state index in [1.807, 2.05) is 0 Å². The van der Waals surface area contributed by atoms with Crippen LogP contribution in [-0.2, 0) is 5.79 Å². The van der Waals surface area contributed by atoms with Gasteiger partial charge in [-0.1, -0.05) is 11.6 Å². The van der Waals surface area contributed by atoms with Crippen LogP contribution in [0.25, 0.3) is 11.0 Å². The zero-order valence-corrected chi connectivity index (χ0v) is 17.1. The quantitative estimate of drug-likeness (QED) is 0.385. The Labute approximate surface area is 183 Å². The number of anilines is 2. The Bertz CT molecular complexity index is 1170. The largest absolute Gasteiger partial charge is 0.452 e. The topological polar surface area (TPSA) is 104 Å². The van der Waals surface area contributed by atoms with Crippen LogP contribution in [-0.4, -0.2) is 46.7 Å². The van der Waals surface area contributed by atoms with Crippen molar-refractivity contribution in [3.63, 3.8) is 0 Å². The SMILES string of the molecule is Cc1c(C(F)(NC(=O)Nc2cnc(N3CC(O)C3)nc2)C(F)F)oc2c(F)cc(Cl)cc12. The number of amides is 2. The first-order valence-electron chi connectivity index (χ1n) is 9.28. The Morgan fingerprint density at radius 2 is 2.00 bits per heavy atom. The third-order valence-electron chi connectivity index (χ3n) is 4.92. The standard InChI is InChI=1S/C19H16ClF4N5O3/c1-8-12-2-9(20)3-13(21)14(12)32-15(8)19(24,16(22)23)28-18(31)27-10-4-25-17(26-5-10)29-6-11(30)7-29/h2-5,11,16,30H,6-7H2,1H3,(H2,27,28,31). The second-order valence-corrected chi connectivity index (χ2v) is 7.68. The summed E-state index contributed by atoms with van der Waals surface area (Å²) >= 11 is 5.78. The van der Waals surface area contributed by atoms with Crippen molar-refractivity contribution in [3.05, 3.63) is 46.7 Å². The van der Waals surface area contributed by atoms with Crippen LogP contribution < -0.4 is 15.5 Å². The molecule has 1 saturated heterocycles. The van der Waals surface area contributed by atoms with Gasteiger partial charge in [-0.15, -0.1) is 0 Å². The molecule has 2 aromatic heterocycles. The van der Waals surface area contributed by atoms with E-state index >= 15 is 4.39 Å². The van der Waals surface area contributed by atoms with Crippen LogP contribution in [0.2, 0.25) is 5.02 Å². The number of aryl methyl sites for hydroxylation is 1. The van der Waals surface area contributed by atoms with E-state index < -0.39 is 41.5 Å². The number of aliphatic hydroxyl groups excluding tert-OH is 1. The van der Waals surface area contributed by atoms with Crippen molar-refractivity contribution in [1.29, 1.82) is 0 Å². The first-order valence-corrected chi connectivity index (χ1v) is 9.66. The summed E-state index contributed by atoms with van der Waals surface area (Å²) in [5.41, 5.74) is -0.608. The molecule has 3 heterocycles. The van der Waals surface area contributed by atoms with Crippen molar-refractivity contribution < 1.29 is 31.9 Å². The predicted molar refractivity (Wildman–Crippen MR) is 107 cm³/mol. The number of alkyl halides is 3. The molecule has 3 N–H and O–H groups in total. The number of hydrogen-bond donors (Lipinski definition) is 3. The Morgan fingerprint density at radius 3 is 2.59 bits per heavy atom. The molecule has 0 spiro atoms. The summed E-state index contributed by atoms with van der Waals surface area (Å²) < 4.78 is 62.0. The molecule has 8 nitrogen and oxygen atoms in total. The molecule has 0 bridgehead atoms. The van der Waals surface area contributed by atoms with Gasteiger partial charge in [0.2, 0.25) is 5.95 Å². The molecular formula is C19H16ClF4N5O3. The first-order chi connectivity index (χ1) is 15.1. The monoisotopic (exact) mass is 473 g/mol. The Balaban J connectivity index is 1.55. The number of halogens is 5. The van der Waals surface area contributed by atoms with Gasteiger partial charge in [-0.05, 0) is 19.1 Å². The lowest BCUT2D eigenvalue weighted by atomic mass is 10.1. The second kappa shape index (κ2) is 8.10. The van der Waals surface area contributed by atoms with Crippen LogP contribution in [0.15, 0.2) is 28.9 Å². The van der Waals surface area contributed by atoms with Crippen LogP contribution in [0.5, 0.6) is 0 Å². The van der Waals surface area contributed by atoms with Crippen molar-refractivity contribution >= 4 is 40.2 Å². The van der Waals surface area contributed by atoms with E-state index in [1.165, 1.54) is 25.4 Å². The maximum Gasteiger partial charge on any atom is 0.322 e. The number of nitrogens with one attached hydrogen (secondary N) is 2. The molecule has 32 heavy (non-hydrogen) atoms. The smallest absolute Gasteiger partial charge is 0.322 e. The number of rotatable bonds is 5. The zero-order chi connectivity index (χ0) is 23.2. The minimum absolute atomic E-state index is 0.00286. The summed E-state index contributed by atoms with van der Waals surface area (Å²) in [4.78, 5) is 21.9. The third kappa shape index (κ3) is 3.91. The number of urea groups is 1. The molecule has 13 heteroatoms. The average Bonchev–Trinajstić information content (AvgIpc) is 3.03. The predicted octanol–water partition coefficient (Wildman–Crippen LogP) is 3.71. The molecule has 0 radical (unpaired) electrons. The number of carbonyl (C=O) groups is 1. The van der Waals surface area contributed by atoms with Crippen molar-refractivity contribution in [2.75, 3.05) is 23.3 Å². The maximum absolute atomic E-state index is 15.4. The minimum Gasteiger partial charge on any atom is -0.452 e. The maximum atomic E-state index is 15.4. The van der Waals surface area contributed by atoms with Gasteiger partial charge in [-0.25, -0.2) is 32.3 Å². The molecule has 1 aliphatic heterocycles. The summed E-state index contributed by atoms with van der Waals surface area (Å²) in [5, 5.41) is 13.0. The number of benzene rings is 1. The lowest BCUT2D eigenvalue weighted by molar-refractivity contribution is -0.0664. The van der Waals surface area contributed by atoms with Crippen LogP contribution in [0, 0.1) is 12.7 Å². The number of aromatic nitrogens is 2. The van der Waals surface area contributed by atoms with Crippen molar-refractivity contribution in [3.8, 4) is 0 Å². The van der Waals surface area contributed by atoms with Gasteiger partial charge in [-0.3, -0.25) is 5.32 Å². The molecule has 1 fully saturated rings. The summed E-state index contributed by atoms with van der Waals surface area (Å²) in [7, 11) is 0. The fraction of sp³-hybridized carbons (Fsp3) is 0.316. The minimum atomic E-state index is -3.76. The first kappa shape index (κ1) is 22.1. The molecule has 4 rings (SSSR count). The highest BCUT2D eigenvalue weighted by atomic mass is 35.5. The second-order valence-electron chi connectivity index (χ2n) is 7.24. The van der Waals surface area contributed by atoms with E-state index in [2.05, 4.69) is 15.3 Å². The fourth-order valence-electron chi connectivity index (χ4n) is 3.30. The number of hydrogen-bond acceptors (Lipinski definition) is 6. The van der Waals surface area contributed by atoms with Gasteiger partial charge in [0.15, 0.2) is 17.2 Å². The Kier molecular flexibility index (Phi) is 5.59. The molecule has 3 aromatic rings. The van der Waals surface area contributed by atoms with Gasteiger partial charge < -0.3 is 19.7 Å². The molecule has 0 aliphatic carbocycles. The molecule has 1 unspecified atom stereocenters. The van der Waals surface area contributed by atoms with E-state index in [0.29, 0.717) is 19.0 Å². The van der Waals surface area contributed by atoms with Gasteiger partial charge in [0, 0.05) is 29.1 Å². The lowest BCUT2D eigenvalue weighted by Gasteiger charge is -2.35. The molecule has 1 atom stereocenters. The zero-order valence-electron chi connectivity index (χ0n) is 16.4. The number of β-amino-alcohol motifs (C(OH)–C–C–N with tert-alkyl or cyclic N) is 1. The van der Waals surface area contributed by atoms with Crippen LogP contribution in [0.3, 0.4) is 0 Å². The van der Waals surface area contributed by atoms with Crippen molar-refractivity contribution in [2.24, 2.45) is 0 Å². The Hall–Kier alpha value is -3.12. The number of furan rings is 1. The Morgan fingerprint density at radius 1 is 1.34 bits per heavy atom. The average molecular weight is 474 g/mol. The van der Waals surface area contributed by atoms with Gasteiger partial charge >= 0.3 is 11.8 Å². The molecule has 170 valence electrons. The van der Waals surface area contributed by atoms with E-state index in [-0.39, 0.29) is 21.7 Å². The highest BCUT2D eigenvalue weighted by molar-refractivity contribution is 6.31. The van der Waals surface area contributed by atoms with Gasteiger partial charge in [0.05, 0.1) is 24.2 Å². The van der Waals surface area contributed by atoms with Gasteiger partial charge in [-0.2, -0.15) is 0 Å². The molecule has 1 aromatic carbocycles. The molecule has 0 saturated carbocycles. The highest BCUT2D eigenvalue weighted by Crippen LogP contribution is 2.39. The van der Waals surface area contributed by atoms with Crippen LogP contribution in [0.4, 0.5) is 34.0 Å². The fourth-order valence-corrected chi connectivity index (χ4v) is 3.50. The molecule has 2 amide bonds. The number of carbonyl (C=O) groups excluding carboxylic acids is 1. The molecular weight excluding hydrogens is 458 g/mol. The van der Waals surface area contributed by atoms with Crippen molar-refractivity contribution in [1.82, 2.24) is 15.3 Å². The molecule has 1 aliphatic rings. The number of aliphatic hydroxyl groups is 1. The van der Waals surface area contributed by atoms with E-state index in [1.54, 1.807) is 10.2 Å². The van der Waals surface area contributed by atoms with E-state index in [9.17, 15) is 23.1 Å². The van der Waals surface area contributed by atoms with Crippen molar-refractivity contribution in [2.45, 2.75) is 25.2 Å². The van der Waals surface area contributed by atoms with Gasteiger partial charge in [0.25, 0.3) is 6.43 Å². The van der Waals surface area contributed by atoms with E-state index in [4.69, 9.17) is 16.0 Å². The summed E-state index contributed by atoms with van der Waals surface area (Å²) in [6, 6.07) is 0.801. The third-order valence-corrected chi connectivity index (χ3v) is 5.14. The van der Waals surface area contributed by atoms with Crippen LogP contribution >= 0.6 is 11.6 Å². The number of nitrogens with zero attached hydrogens (tertiary/aromatic N) is 3. The lowest BCUT2D eigenvalue weighted by Crippen LogP contribution is -2.51. The summed E-state index contributed by atoms with van der Waals surface area (Å²) in [6.45, 7) is 1.95. The summed E-state index contributed by atoms with van der Waals surface area (Å²) in [5.74, 6) is -5.38.